The molecule has 0 aliphatic heterocycles. The molecule has 2 rings (SSSR count). The van der Waals surface area contributed by atoms with Crippen molar-refractivity contribution in [2.75, 3.05) is 0 Å². The minimum Gasteiger partial charge on any atom is -0.301 e. The van der Waals surface area contributed by atoms with E-state index in [1.165, 1.54) is 6.07 Å². The van der Waals surface area contributed by atoms with Crippen LogP contribution in [0.4, 0.5) is 0 Å². The zero-order valence-corrected chi connectivity index (χ0v) is 11.7. The number of alkyl halides is 1. The average Bonchev–Trinajstić information content (AvgIpc) is 2.65. The Labute approximate surface area is 115 Å². The molecule has 19 heavy (non-hydrogen) atoms. The molecule has 0 saturated carbocycles. The minimum atomic E-state index is -0.572. The van der Waals surface area contributed by atoms with E-state index in [0.717, 1.165) is 11.4 Å². The monoisotopic (exact) mass is 279 g/mol. The Bertz CT molecular complexity index is 665. The molecule has 2 aromatic heterocycles. The van der Waals surface area contributed by atoms with Crippen molar-refractivity contribution in [3.8, 4) is 5.82 Å². The molecule has 0 bridgehead atoms. The number of nitrogens with one attached hydrogen (secondary N) is 1. The van der Waals surface area contributed by atoms with E-state index < -0.39 is 5.38 Å². The van der Waals surface area contributed by atoms with Crippen molar-refractivity contribution in [2.24, 2.45) is 0 Å². The number of ketones is 1. The molecule has 0 saturated heterocycles. The maximum absolute atomic E-state index is 12.0. The lowest BCUT2D eigenvalue weighted by atomic mass is 10.1. The van der Waals surface area contributed by atoms with Crippen molar-refractivity contribution >= 4 is 17.4 Å². The van der Waals surface area contributed by atoms with Crippen LogP contribution in [0, 0.1) is 13.8 Å². The van der Waals surface area contributed by atoms with Crippen molar-refractivity contribution in [3.63, 3.8) is 0 Å². The van der Waals surface area contributed by atoms with Gasteiger partial charge in [-0.15, -0.1) is 11.6 Å². The highest BCUT2D eigenvalue weighted by Gasteiger charge is 2.20. The quantitative estimate of drug-likeness (QED) is 0.690. The number of hydrogen-bond donors (Lipinski definition) is 1. The molecule has 6 heteroatoms. The molecule has 1 N–H and O–H groups in total. The van der Waals surface area contributed by atoms with Gasteiger partial charge in [-0.1, -0.05) is 0 Å². The largest absolute Gasteiger partial charge is 0.301 e. The second-order valence-corrected chi connectivity index (χ2v) is 5.03. The summed E-state index contributed by atoms with van der Waals surface area (Å²) in [6.07, 6.45) is 0. The van der Waals surface area contributed by atoms with E-state index in [1.807, 2.05) is 18.4 Å². The van der Waals surface area contributed by atoms with Crippen LogP contribution in [0.5, 0.6) is 0 Å². The van der Waals surface area contributed by atoms with Gasteiger partial charge in [0.25, 0.3) is 5.56 Å². The van der Waals surface area contributed by atoms with Gasteiger partial charge in [0.15, 0.2) is 11.6 Å². The van der Waals surface area contributed by atoms with Crippen molar-refractivity contribution in [2.45, 2.75) is 26.1 Å². The van der Waals surface area contributed by atoms with Crippen molar-refractivity contribution in [3.05, 3.63) is 45.5 Å². The van der Waals surface area contributed by atoms with Gasteiger partial charge in [-0.3, -0.25) is 9.59 Å². The van der Waals surface area contributed by atoms with Crippen LogP contribution in [0.25, 0.3) is 5.82 Å². The summed E-state index contributed by atoms with van der Waals surface area (Å²) in [5, 5.41) is 5.77. The fourth-order valence-corrected chi connectivity index (χ4v) is 2.16. The van der Waals surface area contributed by atoms with E-state index in [2.05, 4.69) is 10.2 Å². The molecule has 1 unspecified atom stereocenters. The van der Waals surface area contributed by atoms with Crippen LogP contribution in [-0.2, 0) is 0 Å². The van der Waals surface area contributed by atoms with Gasteiger partial charge in [0.1, 0.15) is 0 Å². The van der Waals surface area contributed by atoms with Gasteiger partial charge in [0.2, 0.25) is 0 Å². The van der Waals surface area contributed by atoms with Crippen LogP contribution in [-0.4, -0.2) is 25.9 Å². The van der Waals surface area contributed by atoms with Gasteiger partial charge < -0.3 is 4.57 Å². The number of H-pyrrole nitrogens is 1. The molecular formula is C13H14ClN3O2. The van der Waals surface area contributed by atoms with Crippen molar-refractivity contribution in [1.82, 2.24) is 14.8 Å². The van der Waals surface area contributed by atoms with E-state index in [1.54, 1.807) is 19.1 Å². The summed E-state index contributed by atoms with van der Waals surface area (Å²) < 4.78 is 1.81. The Kier molecular flexibility index (Phi) is 3.57. The fourth-order valence-electron chi connectivity index (χ4n) is 2.04. The standard InChI is InChI=1S/C13H14ClN3O2/c1-7-6-10(13(19)8(2)14)9(3)17(7)11-4-5-12(18)16-15-11/h4-6,8H,1-3H3,(H,16,18). The van der Waals surface area contributed by atoms with E-state index in [0.29, 0.717) is 11.4 Å². The van der Waals surface area contributed by atoms with Crippen LogP contribution in [0.2, 0.25) is 0 Å². The molecule has 0 aliphatic rings. The minimum absolute atomic E-state index is 0.120. The summed E-state index contributed by atoms with van der Waals surface area (Å²) >= 11 is 5.84. The molecule has 5 nitrogen and oxygen atoms in total. The van der Waals surface area contributed by atoms with Gasteiger partial charge in [-0.2, -0.15) is 5.10 Å². The number of rotatable bonds is 3. The summed E-state index contributed by atoms with van der Waals surface area (Å²) in [7, 11) is 0. The lowest BCUT2D eigenvalue weighted by Gasteiger charge is -2.08. The molecule has 2 aromatic rings. The molecule has 0 spiro atoms. The number of hydrogen-bond acceptors (Lipinski definition) is 3. The fraction of sp³-hybridized carbons (Fsp3) is 0.308. The second-order valence-electron chi connectivity index (χ2n) is 4.38. The smallest absolute Gasteiger partial charge is 0.264 e. The van der Waals surface area contributed by atoms with Crippen molar-refractivity contribution < 1.29 is 4.79 Å². The molecule has 0 aromatic carbocycles. The first-order valence-electron chi connectivity index (χ1n) is 5.85. The van der Waals surface area contributed by atoms with Gasteiger partial charge >= 0.3 is 0 Å². The third-order valence-electron chi connectivity index (χ3n) is 2.95. The molecule has 0 radical (unpaired) electrons. The van der Waals surface area contributed by atoms with Crippen molar-refractivity contribution in [1.29, 1.82) is 0 Å². The van der Waals surface area contributed by atoms with Gasteiger partial charge in [0.05, 0.1) is 5.38 Å². The molecule has 0 fully saturated rings. The number of carbonyl (C=O) groups excluding carboxylic acids is 1. The molecule has 100 valence electrons. The van der Waals surface area contributed by atoms with Gasteiger partial charge in [-0.05, 0) is 32.9 Å². The third-order valence-corrected chi connectivity index (χ3v) is 3.15. The Morgan fingerprint density at radius 2 is 2.11 bits per heavy atom. The predicted octanol–water partition coefficient (Wildman–Crippen LogP) is 1.99. The number of aromatic amines is 1. The predicted molar refractivity (Wildman–Crippen MR) is 73.3 cm³/mol. The van der Waals surface area contributed by atoms with Crippen LogP contribution >= 0.6 is 11.6 Å². The molecule has 2 heterocycles. The number of carbonyl (C=O) groups is 1. The van der Waals surface area contributed by atoms with E-state index in [4.69, 9.17) is 11.6 Å². The summed E-state index contributed by atoms with van der Waals surface area (Å²) in [5.41, 5.74) is 1.93. The number of aromatic nitrogens is 3. The van der Waals surface area contributed by atoms with Gasteiger partial charge in [-0.25, -0.2) is 5.10 Å². The first kappa shape index (κ1) is 13.5. The SMILES string of the molecule is Cc1cc(C(=O)C(C)Cl)c(C)n1-c1ccc(=O)[nH]n1. The number of halogens is 1. The third kappa shape index (κ3) is 2.46. The Balaban J connectivity index is 2.57. The zero-order valence-electron chi connectivity index (χ0n) is 10.9. The number of aryl methyl sites for hydroxylation is 1. The Morgan fingerprint density at radius 3 is 2.63 bits per heavy atom. The second kappa shape index (κ2) is 5.01. The first-order chi connectivity index (χ1) is 8.91. The maximum atomic E-state index is 12.0. The molecular weight excluding hydrogens is 266 g/mol. The molecule has 0 aliphatic carbocycles. The summed E-state index contributed by atoms with van der Waals surface area (Å²) in [4.78, 5) is 23.0. The van der Waals surface area contributed by atoms with Crippen LogP contribution in [0.15, 0.2) is 23.0 Å². The normalized spacial score (nSPS) is 12.4. The van der Waals surface area contributed by atoms with Crippen LogP contribution in [0.1, 0.15) is 28.7 Å². The van der Waals surface area contributed by atoms with Crippen LogP contribution < -0.4 is 5.56 Å². The highest BCUT2D eigenvalue weighted by atomic mass is 35.5. The van der Waals surface area contributed by atoms with E-state index >= 15 is 0 Å². The summed E-state index contributed by atoms with van der Waals surface area (Å²) in [5.74, 6) is 0.446. The lowest BCUT2D eigenvalue weighted by Crippen LogP contribution is -2.13. The Hall–Kier alpha value is -1.88. The first-order valence-corrected chi connectivity index (χ1v) is 6.28. The molecule has 1 atom stereocenters. The Morgan fingerprint density at radius 1 is 1.42 bits per heavy atom. The van der Waals surface area contributed by atoms with Gasteiger partial charge in [0, 0.05) is 23.0 Å². The highest BCUT2D eigenvalue weighted by molar-refractivity contribution is 6.33. The summed E-state index contributed by atoms with van der Waals surface area (Å²) in [6, 6.07) is 4.79. The number of Topliss-reactive ketones (excluding diaryl/α,β-unsaturated/α-hetero) is 1. The highest BCUT2D eigenvalue weighted by Crippen LogP contribution is 2.21. The lowest BCUT2D eigenvalue weighted by molar-refractivity contribution is 0.0991. The molecule has 0 amide bonds. The van der Waals surface area contributed by atoms with E-state index in [9.17, 15) is 9.59 Å². The summed E-state index contributed by atoms with van der Waals surface area (Å²) in [6.45, 7) is 5.34. The van der Waals surface area contributed by atoms with Crippen LogP contribution in [0.3, 0.4) is 0 Å². The maximum Gasteiger partial charge on any atom is 0.264 e. The number of nitrogens with zero attached hydrogens (tertiary/aromatic N) is 2. The topological polar surface area (TPSA) is 67.8 Å². The zero-order chi connectivity index (χ0) is 14.2. The van der Waals surface area contributed by atoms with E-state index in [-0.39, 0.29) is 11.3 Å². The average molecular weight is 280 g/mol.